The third-order valence-electron chi connectivity index (χ3n) is 4.87. The van der Waals surface area contributed by atoms with Crippen molar-refractivity contribution in [3.63, 3.8) is 0 Å². The lowest BCUT2D eigenvalue weighted by Crippen LogP contribution is -2.28. The molecule has 3 aromatic rings. The number of rotatable bonds is 7. The van der Waals surface area contributed by atoms with Crippen molar-refractivity contribution in [1.82, 2.24) is 9.88 Å². The molecule has 0 unspecified atom stereocenters. The Hall–Kier alpha value is -3.29. The van der Waals surface area contributed by atoms with E-state index in [-0.39, 0.29) is 5.91 Å². The van der Waals surface area contributed by atoms with Crippen LogP contribution in [0.1, 0.15) is 18.1 Å². The number of carbonyl (C=O) groups is 1. The molecule has 1 aliphatic heterocycles. The van der Waals surface area contributed by atoms with Crippen LogP contribution < -0.4 is 9.47 Å². The molecular weight excluding hydrogens is 458 g/mol. The first kappa shape index (κ1) is 22.9. The second kappa shape index (κ2) is 10.6. The third-order valence-corrected chi connectivity index (χ3v) is 6.13. The Morgan fingerprint density at radius 1 is 1.15 bits per heavy atom. The summed E-state index contributed by atoms with van der Waals surface area (Å²) in [6.07, 6.45) is 5.20. The van der Waals surface area contributed by atoms with E-state index in [2.05, 4.69) is 9.98 Å². The minimum absolute atomic E-state index is 0.0767. The Bertz CT molecular complexity index is 1200. The highest BCUT2D eigenvalue weighted by atomic mass is 35.5. The Balaban J connectivity index is 1.53. The van der Waals surface area contributed by atoms with Gasteiger partial charge in [0.2, 0.25) is 0 Å². The van der Waals surface area contributed by atoms with Crippen LogP contribution in [0.5, 0.6) is 11.5 Å². The fraction of sp³-hybridized carbons (Fsp3) is 0.160. The summed E-state index contributed by atoms with van der Waals surface area (Å²) in [7, 11) is 1.59. The number of aliphatic imine (C=N–C) groups is 1. The van der Waals surface area contributed by atoms with Crippen molar-refractivity contribution in [2.45, 2.75) is 13.5 Å². The number of amidine groups is 1. The first-order valence-electron chi connectivity index (χ1n) is 10.3. The standard InChI is InChI=1S/C25H22ClN3O3S/c1-3-29-24(30)23(33-25(29)28-20-5-4-12-27-15-20)14-18-8-11-21(22(13-18)31-2)32-16-17-6-9-19(26)10-7-17/h4-15H,3,16H2,1-2H3/b23-14-,28-25?. The summed E-state index contributed by atoms with van der Waals surface area (Å²) in [5.74, 6) is 1.13. The third kappa shape index (κ3) is 5.56. The van der Waals surface area contributed by atoms with Crippen LogP contribution in [0.25, 0.3) is 6.08 Å². The van der Waals surface area contributed by atoms with Crippen molar-refractivity contribution in [3.05, 3.63) is 88.0 Å². The quantitative estimate of drug-likeness (QED) is 0.392. The number of ether oxygens (including phenoxy) is 2. The number of carbonyl (C=O) groups excluding carboxylic acids is 1. The second-order valence-electron chi connectivity index (χ2n) is 7.09. The fourth-order valence-electron chi connectivity index (χ4n) is 3.19. The van der Waals surface area contributed by atoms with Crippen molar-refractivity contribution >= 4 is 46.2 Å². The summed E-state index contributed by atoms with van der Waals surface area (Å²) < 4.78 is 11.4. The van der Waals surface area contributed by atoms with Crippen LogP contribution in [0, 0.1) is 0 Å². The van der Waals surface area contributed by atoms with Crippen LogP contribution in [-0.4, -0.2) is 34.6 Å². The molecule has 0 saturated carbocycles. The van der Waals surface area contributed by atoms with Gasteiger partial charge in [0.05, 0.1) is 23.9 Å². The largest absolute Gasteiger partial charge is 0.493 e. The molecule has 0 atom stereocenters. The van der Waals surface area contributed by atoms with Gasteiger partial charge in [-0.15, -0.1) is 0 Å². The SMILES string of the molecule is CCN1C(=O)/C(=C/c2ccc(OCc3ccc(Cl)cc3)c(OC)c2)SC1=Nc1cccnc1. The van der Waals surface area contributed by atoms with E-state index >= 15 is 0 Å². The molecule has 0 N–H and O–H groups in total. The lowest BCUT2D eigenvalue weighted by atomic mass is 10.1. The average molecular weight is 480 g/mol. The number of nitrogens with zero attached hydrogens (tertiary/aromatic N) is 3. The molecule has 4 rings (SSSR count). The number of pyridine rings is 1. The summed E-state index contributed by atoms with van der Waals surface area (Å²) in [6, 6.07) is 16.8. The minimum Gasteiger partial charge on any atom is -0.493 e. The second-order valence-corrected chi connectivity index (χ2v) is 8.54. The van der Waals surface area contributed by atoms with Crippen LogP contribution in [0.2, 0.25) is 5.02 Å². The lowest BCUT2D eigenvalue weighted by Gasteiger charge is -2.12. The topological polar surface area (TPSA) is 64.0 Å². The van der Waals surface area contributed by atoms with Gasteiger partial charge in [0.25, 0.3) is 5.91 Å². The van der Waals surface area contributed by atoms with Gasteiger partial charge in [-0.05, 0) is 72.3 Å². The number of aromatic nitrogens is 1. The maximum atomic E-state index is 12.9. The average Bonchev–Trinajstić information content (AvgIpc) is 3.13. The van der Waals surface area contributed by atoms with Crippen molar-refractivity contribution in [2.75, 3.05) is 13.7 Å². The van der Waals surface area contributed by atoms with Crippen LogP contribution in [0.3, 0.4) is 0 Å². The summed E-state index contributed by atoms with van der Waals surface area (Å²) >= 11 is 7.28. The summed E-state index contributed by atoms with van der Waals surface area (Å²) in [5, 5.41) is 1.32. The first-order chi connectivity index (χ1) is 16.1. The van der Waals surface area contributed by atoms with Crippen molar-refractivity contribution in [3.8, 4) is 11.5 Å². The lowest BCUT2D eigenvalue weighted by molar-refractivity contribution is -0.122. The van der Waals surface area contributed by atoms with Gasteiger partial charge >= 0.3 is 0 Å². The predicted octanol–water partition coefficient (Wildman–Crippen LogP) is 5.95. The molecule has 1 amide bonds. The molecular formula is C25H22ClN3O3S. The van der Waals surface area contributed by atoms with E-state index in [1.807, 2.05) is 67.6 Å². The van der Waals surface area contributed by atoms with E-state index in [4.69, 9.17) is 21.1 Å². The Morgan fingerprint density at radius 3 is 2.67 bits per heavy atom. The number of halogens is 1. The highest BCUT2D eigenvalue weighted by molar-refractivity contribution is 8.18. The molecule has 8 heteroatoms. The van der Waals surface area contributed by atoms with E-state index < -0.39 is 0 Å². The monoisotopic (exact) mass is 479 g/mol. The maximum absolute atomic E-state index is 12.9. The Labute approximate surface area is 201 Å². The van der Waals surface area contributed by atoms with E-state index in [9.17, 15) is 4.79 Å². The van der Waals surface area contributed by atoms with E-state index in [1.165, 1.54) is 11.8 Å². The summed E-state index contributed by atoms with van der Waals surface area (Å²) in [4.78, 5) is 23.8. The molecule has 2 aromatic carbocycles. The smallest absolute Gasteiger partial charge is 0.266 e. The van der Waals surface area contributed by atoms with Crippen molar-refractivity contribution < 1.29 is 14.3 Å². The molecule has 168 valence electrons. The highest BCUT2D eigenvalue weighted by Crippen LogP contribution is 2.35. The van der Waals surface area contributed by atoms with Crippen LogP contribution in [0.4, 0.5) is 5.69 Å². The molecule has 2 heterocycles. The van der Waals surface area contributed by atoms with Gasteiger partial charge in [-0.1, -0.05) is 29.8 Å². The summed E-state index contributed by atoms with van der Waals surface area (Å²) in [6.45, 7) is 2.85. The van der Waals surface area contributed by atoms with Gasteiger partial charge in [0.15, 0.2) is 16.7 Å². The number of thioether (sulfide) groups is 1. The molecule has 0 radical (unpaired) electrons. The number of methoxy groups -OCH3 is 1. The van der Waals surface area contributed by atoms with Gasteiger partial charge in [0, 0.05) is 17.8 Å². The molecule has 6 nitrogen and oxygen atoms in total. The van der Waals surface area contributed by atoms with E-state index in [1.54, 1.807) is 24.4 Å². The molecule has 1 fully saturated rings. The van der Waals surface area contributed by atoms with Gasteiger partial charge in [-0.3, -0.25) is 14.7 Å². The molecule has 1 aliphatic rings. The zero-order valence-corrected chi connectivity index (χ0v) is 19.8. The van der Waals surface area contributed by atoms with Gasteiger partial charge in [-0.2, -0.15) is 0 Å². The molecule has 0 spiro atoms. The Kier molecular flexibility index (Phi) is 7.32. The molecule has 1 aromatic heterocycles. The van der Waals surface area contributed by atoms with Crippen LogP contribution in [-0.2, 0) is 11.4 Å². The van der Waals surface area contributed by atoms with Gasteiger partial charge < -0.3 is 9.47 Å². The normalized spacial score (nSPS) is 16.0. The van der Waals surface area contributed by atoms with Gasteiger partial charge in [-0.25, -0.2) is 4.99 Å². The first-order valence-corrected chi connectivity index (χ1v) is 11.5. The molecule has 1 saturated heterocycles. The molecule has 33 heavy (non-hydrogen) atoms. The minimum atomic E-state index is -0.0767. The Morgan fingerprint density at radius 2 is 1.97 bits per heavy atom. The van der Waals surface area contributed by atoms with E-state index in [0.29, 0.717) is 45.4 Å². The summed E-state index contributed by atoms with van der Waals surface area (Å²) in [5.41, 5.74) is 2.54. The number of likely N-dealkylation sites (N-methyl/N-ethyl adjacent to an activating group) is 1. The van der Waals surface area contributed by atoms with Crippen LogP contribution in [0.15, 0.2) is 76.9 Å². The van der Waals surface area contributed by atoms with Gasteiger partial charge in [0.1, 0.15) is 6.61 Å². The van der Waals surface area contributed by atoms with Crippen LogP contribution >= 0.6 is 23.4 Å². The molecule has 0 bridgehead atoms. The number of benzene rings is 2. The number of amides is 1. The van der Waals surface area contributed by atoms with Crippen molar-refractivity contribution in [1.29, 1.82) is 0 Å². The zero-order chi connectivity index (χ0) is 23.2. The fourth-order valence-corrected chi connectivity index (χ4v) is 4.38. The maximum Gasteiger partial charge on any atom is 0.266 e. The number of hydrogen-bond acceptors (Lipinski definition) is 6. The molecule has 0 aliphatic carbocycles. The van der Waals surface area contributed by atoms with Crippen molar-refractivity contribution in [2.24, 2.45) is 4.99 Å². The highest BCUT2D eigenvalue weighted by Gasteiger charge is 2.32. The zero-order valence-electron chi connectivity index (χ0n) is 18.2. The van der Waals surface area contributed by atoms with E-state index in [0.717, 1.165) is 11.1 Å². The number of hydrogen-bond donors (Lipinski definition) is 0. The predicted molar refractivity (Wildman–Crippen MR) is 133 cm³/mol.